The second kappa shape index (κ2) is 6.27. The summed E-state index contributed by atoms with van der Waals surface area (Å²) in [5.74, 6) is 0.257. The zero-order chi connectivity index (χ0) is 18.3. The Morgan fingerprint density at radius 3 is 2.31 bits per heavy atom. The molecule has 6 heteroatoms. The van der Waals surface area contributed by atoms with Gasteiger partial charge in [-0.15, -0.1) is 0 Å². The number of nitrogens with zero attached hydrogens (tertiary/aromatic N) is 1. The second-order valence-corrected chi connectivity index (χ2v) is 7.83. The lowest BCUT2D eigenvalue weighted by Crippen LogP contribution is -2.11. The van der Waals surface area contributed by atoms with Gasteiger partial charge >= 0.3 is 10.1 Å². The van der Waals surface area contributed by atoms with Crippen molar-refractivity contribution in [3.05, 3.63) is 77.4 Å². The number of para-hydroxylation sites is 1. The minimum atomic E-state index is -4.05. The van der Waals surface area contributed by atoms with E-state index in [4.69, 9.17) is 15.8 Å². The predicted octanol–water partition coefficient (Wildman–Crippen LogP) is 5.12. The molecule has 1 aromatic heterocycles. The molecule has 4 aromatic rings. The Morgan fingerprint density at radius 1 is 0.885 bits per heavy atom. The summed E-state index contributed by atoms with van der Waals surface area (Å²) in [5, 5.41) is 2.31. The molecule has 130 valence electrons. The fourth-order valence-electron chi connectivity index (χ4n) is 2.95. The van der Waals surface area contributed by atoms with E-state index in [1.807, 2.05) is 24.3 Å². The minimum Gasteiger partial charge on any atom is -0.378 e. The number of aryl methyl sites for hydroxylation is 1. The molecule has 0 aliphatic heterocycles. The Bertz CT molecular complexity index is 1250. The molecule has 0 aliphatic rings. The summed E-state index contributed by atoms with van der Waals surface area (Å²) in [6, 6.07) is 19.0. The third-order valence-corrected chi connectivity index (χ3v) is 5.73. The van der Waals surface area contributed by atoms with Gasteiger partial charge in [0.15, 0.2) is 5.75 Å². The number of hydrogen-bond acceptors (Lipinski definition) is 4. The van der Waals surface area contributed by atoms with Gasteiger partial charge in [0.2, 0.25) is 0 Å². The van der Waals surface area contributed by atoms with Gasteiger partial charge in [-0.3, -0.25) is 4.98 Å². The summed E-state index contributed by atoms with van der Waals surface area (Å²) in [4.78, 5) is 4.49. The van der Waals surface area contributed by atoms with Crippen molar-refractivity contribution in [1.82, 2.24) is 4.98 Å². The third-order valence-electron chi connectivity index (χ3n) is 4.11. The molecule has 0 amide bonds. The average Bonchev–Trinajstić information content (AvgIpc) is 2.61. The summed E-state index contributed by atoms with van der Waals surface area (Å²) in [6.45, 7) is 1.80. The number of rotatable bonds is 3. The Kier molecular flexibility index (Phi) is 4.05. The quantitative estimate of drug-likeness (QED) is 0.461. The van der Waals surface area contributed by atoms with Crippen LogP contribution in [-0.4, -0.2) is 13.4 Å². The number of hydrogen-bond donors (Lipinski definition) is 0. The van der Waals surface area contributed by atoms with Gasteiger partial charge in [-0.25, -0.2) is 0 Å². The highest BCUT2D eigenvalue weighted by molar-refractivity contribution is 7.87. The summed E-state index contributed by atoms with van der Waals surface area (Å²) in [6.07, 6.45) is 0. The maximum atomic E-state index is 13.0. The lowest BCUT2D eigenvalue weighted by atomic mass is 10.1. The van der Waals surface area contributed by atoms with E-state index in [0.717, 1.165) is 0 Å². The van der Waals surface area contributed by atoms with Crippen molar-refractivity contribution in [3.63, 3.8) is 0 Å². The van der Waals surface area contributed by atoms with Crippen LogP contribution in [0.3, 0.4) is 0 Å². The fourth-order valence-corrected chi connectivity index (χ4v) is 4.33. The molecule has 4 rings (SSSR count). The van der Waals surface area contributed by atoms with E-state index in [2.05, 4.69) is 4.98 Å². The summed E-state index contributed by atoms with van der Waals surface area (Å²) in [5.41, 5.74) is 1.36. The molecule has 0 fully saturated rings. The van der Waals surface area contributed by atoms with Crippen LogP contribution in [0.1, 0.15) is 5.69 Å². The monoisotopic (exact) mass is 383 g/mol. The van der Waals surface area contributed by atoms with Crippen molar-refractivity contribution in [2.24, 2.45) is 0 Å². The molecule has 0 saturated carbocycles. The van der Waals surface area contributed by atoms with Crippen molar-refractivity contribution in [2.45, 2.75) is 11.8 Å². The standard InChI is InChI=1S/C20H14ClNO3S/c1-13-12-19(16-8-4-5-9-18(16)22-13)25-26(23,24)20-11-10-17(21)14-6-2-3-7-15(14)20/h2-12H,1H3. The molecule has 0 spiro atoms. The fraction of sp³-hybridized carbons (Fsp3) is 0.0500. The van der Waals surface area contributed by atoms with Crippen molar-refractivity contribution >= 4 is 43.4 Å². The average molecular weight is 384 g/mol. The van der Waals surface area contributed by atoms with E-state index < -0.39 is 10.1 Å². The highest BCUT2D eigenvalue weighted by atomic mass is 35.5. The van der Waals surface area contributed by atoms with Crippen molar-refractivity contribution in [3.8, 4) is 5.75 Å². The van der Waals surface area contributed by atoms with Crippen LogP contribution in [0.5, 0.6) is 5.75 Å². The van der Waals surface area contributed by atoms with E-state index in [0.29, 0.717) is 32.4 Å². The molecule has 0 saturated heterocycles. The van der Waals surface area contributed by atoms with Gasteiger partial charge in [0.25, 0.3) is 0 Å². The summed E-state index contributed by atoms with van der Waals surface area (Å²) < 4.78 is 31.5. The topological polar surface area (TPSA) is 56.3 Å². The lowest BCUT2D eigenvalue weighted by molar-refractivity contribution is 0.489. The van der Waals surface area contributed by atoms with Crippen molar-refractivity contribution in [1.29, 1.82) is 0 Å². The van der Waals surface area contributed by atoms with Crippen LogP contribution in [0.2, 0.25) is 5.02 Å². The second-order valence-electron chi connectivity index (χ2n) is 5.91. The number of halogens is 1. The van der Waals surface area contributed by atoms with Crippen LogP contribution in [0.25, 0.3) is 21.7 Å². The first-order valence-corrected chi connectivity index (χ1v) is 9.72. The molecule has 4 nitrogen and oxygen atoms in total. The first-order chi connectivity index (χ1) is 12.5. The van der Waals surface area contributed by atoms with Gasteiger partial charge in [-0.2, -0.15) is 8.42 Å². The summed E-state index contributed by atoms with van der Waals surface area (Å²) in [7, 11) is -4.05. The van der Waals surface area contributed by atoms with Crippen LogP contribution >= 0.6 is 11.6 Å². The number of benzene rings is 3. The highest BCUT2D eigenvalue weighted by Gasteiger charge is 2.22. The van der Waals surface area contributed by atoms with Gasteiger partial charge < -0.3 is 4.18 Å². The van der Waals surface area contributed by atoms with E-state index in [-0.39, 0.29) is 10.6 Å². The molecule has 0 atom stereocenters. The third kappa shape index (κ3) is 2.89. The van der Waals surface area contributed by atoms with Crippen LogP contribution < -0.4 is 4.18 Å². The van der Waals surface area contributed by atoms with E-state index in [9.17, 15) is 8.42 Å². The first-order valence-electron chi connectivity index (χ1n) is 7.94. The Morgan fingerprint density at radius 2 is 1.54 bits per heavy atom. The molecule has 0 radical (unpaired) electrons. The predicted molar refractivity (Wildman–Crippen MR) is 103 cm³/mol. The van der Waals surface area contributed by atoms with Gasteiger partial charge in [0.1, 0.15) is 4.90 Å². The molecular weight excluding hydrogens is 370 g/mol. The zero-order valence-electron chi connectivity index (χ0n) is 13.8. The molecule has 0 N–H and O–H groups in total. The smallest absolute Gasteiger partial charge is 0.339 e. The van der Waals surface area contributed by atoms with Crippen LogP contribution in [0.4, 0.5) is 0 Å². The van der Waals surface area contributed by atoms with Crippen LogP contribution in [0, 0.1) is 6.92 Å². The van der Waals surface area contributed by atoms with Crippen LogP contribution in [-0.2, 0) is 10.1 Å². The van der Waals surface area contributed by atoms with Gasteiger partial charge in [0, 0.05) is 32.9 Å². The van der Waals surface area contributed by atoms with Crippen molar-refractivity contribution in [2.75, 3.05) is 0 Å². The van der Waals surface area contributed by atoms with Crippen LogP contribution in [0.15, 0.2) is 71.6 Å². The van der Waals surface area contributed by atoms with E-state index >= 15 is 0 Å². The van der Waals surface area contributed by atoms with E-state index in [1.54, 1.807) is 43.3 Å². The molecule has 0 unspecified atom stereocenters. The molecule has 1 heterocycles. The molecule has 0 bridgehead atoms. The molecule has 3 aromatic carbocycles. The molecule has 26 heavy (non-hydrogen) atoms. The van der Waals surface area contributed by atoms with Gasteiger partial charge in [0.05, 0.1) is 5.52 Å². The first kappa shape index (κ1) is 16.8. The number of aromatic nitrogens is 1. The maximum absolute atomic E-state index is 13.0. The number of pyridine rings is 1. The Labute approximate surface area is 156 Å². The van der Waals surface area contributed by atoms with Crippen molar-refractivity contribution < 1.29 is 12.6 Å². The summed E-state index contributed by atoms with van der Waals surface area (Å²) >= 11 is 6.19. The SMILES string of the molecule is Cc1cc(OS(=O)(=O)c2ccc(Cl)c3ccccc23)c2ccccc2n1. The zero-order valence-corrected chi connectivity index (χ0v) is 15.4. The molecular formula is C20H14ClNO3S. The Balaban J connectivity index is 1.89. The minimum absolute atomic E-state index is 0.0797. The van der Waals surface area contributed by atoms with E-state index in [1.165, 1.54) is 6.07 Å². The van der Waals surface area contributed by atoms with Gasteiger partial charge in [-0.05, 0) is 31.2 Å². The molecule has 0 aliphatic carbocycles. The van der Waals surface area contributed by atoms with Gasteiger partial charge in [-0.1, -0.05) is 48.0 Å². The highest BCUT2D eigenvalue weighted by Crippen LogP contribution is 2.33. The maximum Gasteiger partial charge on any atom is 0.339 e. The largest absolute Gasteiger partial charge is 0.378 e. The number of fused-ring (bicyclic) bond motifs is 2. The Hall–Kier alpha value is -2.63. The lowest BCUT2D eigenvalue weighted by Gasteiger charge is -2.12. The normalized spacial score (nSPS) is 11.8.